The summed E-state index contributed by atoms with van der Waals surface area (Å²) in [5.41, 5.74) is 0.207. The zero-order chi connectivity index (χ0) is 16.9. The predicted octanol–water partition coefficient (Wildman–Crippen LogP) is 1.25. The molecule has 0 aliphatic heterocycles. The summed E-state index contributed by atoms with van der Waals surface area (Å²) < 4.78 is 31.1. The number of sulfonamides is 1. The average Bonchev–Trinajstić information content (AvgIpc) is 2.45. The maximum atomic E-state index is 12.2. The molecule has 0 bridgehead atoms. The monoisotopic (exact) mass is 329 g/mol. The highest BCUT2D eigenvalue weighted by Crippen LogP contribution is 2.14. The van der Waals surface area contributed by atoms with Gasteiger partial charge in [-0.05, 0) is 36.6 Å². The van der Waals surface area contributed by atoms with Gasteiger partial charge < -0.3 is 9.84 Å². The lowest BCUT2D eigenvalue weighted by molar-refractivity contribution is -0.139. The van der Waals surface area contributed by atoms with Gasteiger partial charge in [-0.25, -0.2) is 13.2 Å². The Bertz CT molecular complexity index is 636. The quantitative estimate of drug-likeness (QED) is 0.729. The SMILES string of the molecule is COC(=O)c1ccc(S(=O)(=O)N[C@@H](CC(C)C)C(=O)O)cc1. The third-order valence-corrected chi connectivity index (χ3v) is 4.38. The molecule has 1 aromatic carbocycles. The van der Waals surface area contributed by atoms with E-state index in [1.807, 2.05) is 0 Å². The van der Waals surface area contributed by atoms with Crippen LogP contribution in [0.4, 0.5) is 0 Å². The minimum absolute atomic E-state index is 0.0190. The van der Waals surface area contributed by atoms with Crippen LogP contribution in [0.1, 0.15) is 30.6 Å². The normalized spacial score (nSPS) is 12.9. The first kappa shape index (κ1) is 18.1. The van der Waals surface area contributed by atoms with E-state index in [0.717, 1.165) is 0 Å². The number of carboxylic acid groups (broad SMARTS) is 1. The first-order valence-corrected chi connectivity index (χ1v) is 8.09. The summed E-state index contributed by atoms with van der Waals surface area (Å²) in [7, 11) is -2.76. The van der Waals surface area contributed by atoms with Crippen molar-refractivity contribution in [1.29, 1.82) is 0 Å². The molecule has 2 N–H and O–H groups in total. The molecule has 0 aliphatic rings. The molecule has 1 rings (SSSR count). The number of aliphatic carboxylic acids is 1. The maximum absolute atomic E-state index is 12.2. The van der Waals surface area contributed by atoms with Crippen LogP contribution in [0.15, 0.2) is 29.2 Å². The van der Waals surface area contributed by atoms with Crippen molar-refractivity contribution in [1.82, 2.24) is 4.72 Å². The van der Waals surface area contributed by atoms with Crippen LogP contribution in [0.5, 0.6) is 0 Å². The fraction of sp³-hybridized carbons (Fsp3) is 0.429. The lowest BCUT2D eigenvalue weighted by atomic mass is 10.1. The van der Waals surface area contributed by atoms with Gasteiger partial charge >= 0.3 is 11.9 Å². The van der Waals surface area contributed by atoms with E-state index >= 15 is 0 Å². The van der Waals surface area contributed by atoms with E-state index in [0.29, 0.717) is 0 Å². The smallest absolute Gasteiger partial charge is 0.337 e. The van der Waals surface area contributed by atoms with Crippen molar-refractivity contribution in [2.75, 3.05) is 7.11 Å². The van der Waals surface area contributed by atoms with Crippen LogP contribution in [0.2, 0.25) is 0 Å². The van der Waals surface area contributed by atoms with Crippen LogP contribution in [0, 0.1) is 5.92 Å². The van der Waals surface area contributed by atoms with Crippen LogP contribution in [-0.2, 0) is 19.6 Å². The Morgan fingerprint density at radius 2 is 1.77 bits per heavy atom. The summed E-state index contributed by atoms with van der Waals surface area (Å²) in [6.07, 6.45) is 0.175. The highest BCUT2D eigenvalue weighted by molar-refractivity contribution is 7.89. The average molecular weight is 329 g/mol. The highest BCUT2D eigenvalue weighted by atomic mass is 32.2. The van der Waals surface area contributed by atoms with Crippen LogP contribution in [0.25, 0.3) is 0 Å². The Hall–Kier alpha value is -1.93. The fourth-order valence-electron chi connectivity index (χ4n) is 1.81. The first-order valence-electron chi connectivity index (χ1n) is 6.61. The number of carbonyl (C=O) groups excluding carboxylic acids is 1. The molecule has 7 nitrogen and oxygen atoms in total. The van der Waals surface area contributed by atoms with E-state index in [9.17, 15) is 18.0 Å². The van der Waals surface area contributed by atoms with Crippen molar-refractivity contribution in [2.45, 2.75) is 31.2 Å². The molecule has 0 unspecified atom stereocenters. The fourth-order valence-corrected chi connectivity index (χ4v) is 3.02. The Morgan fingerprint density at radius 1 is 1.23 bits per heavy atom. The van der Waals surface area contributed by atoms with Crippen molar-refractivity contribution < 1.29 is 27.9 Å². The number of nitrogens with one attached hydrogen (secondary N) is 1. The van der Waals surface area contributed by atoms with Crippen LogP contribution in [0.3, 0.4) is 0 Å². The Labute approximate surface area is 129 Å². The number of methoxy groups -OCH3 is 1. The standard InChI is InChI=1S/C14H19NO6S/c1-9(2)8-12(13(16)17)15-22(19,20)11-6-4-10(5-7-11)14(18)21-3/h4-7,9,12,15H,8H2,1-3H3,(H,16,17)/t12-/m0/s1. The Morgan fingerprint density at radius 3 is 2.18 bits per heavy atom. The number of hydrogen-bond donors (Lipinski definition) is 2. The summed E-state index contributed by atoms with van der Waals surface area (Å²) in [6, 6.07) is 3.86. The van der Waals surface area contributed by atoms with E-state index in [1.54, 1.807) is 13.8 Å². The molecule has 0 fully saturated rings. The third kappa shape index (κ3) is 4.81. The largest absolute Gasteiger partial charge is 0.480 e. The number of benzene rings is 1. The van der Waals surface area contributed by atoms with Gasteiger partial charge in [0.15, 0.2) is 0 Å². The van der Waals surface area contributed by atoms with Crippen molar-refractivity contribution in [3.63, 3.8) is 0 Å². The molecular weight excluding hydrogens is 310 g/mol. The van der Waals surface area contributed by atoms with E-state index < -0.39 is 28.0 Å². The molecule has 0 amide bonds. The molecule has 8 heteroatoms. The molecule has 0 aliphatic carbocycles. The Balaban J connectivity index is 2.98. The highest BCUT2D eigenvalue weighted by Gasteiger charge is 2.26. The summed E-state index contributed by atoms with van der Waals surface area (Å²) in [6.45, 7) is 3.60. The lowest BCUT2D eigenvalue weighted by Gasteiger charge is -2.16. The van der Waals surface area contributed by atoms with Gasteiger partial charge in [0.2, 0.25) is 10.0 Å². The molecule has 0 heterocycles. The molecule has 1 aromatic rings. The molecular formula is C14H19NO6S. The summed E-state index contributed by atoms with van der Waals surface area (Å²) in [5.74, 6) is -1.80. The van der Waals surface area contributed by atoms with Gasteiger partial charge in [-0.3, -0.25) is 4.79 Å². The second-order valence-corrected chi connectivity index (χ2v) is 6.87. The topological polar surface area (TPSA) is 110 Å². The number of ether oxygens (including phenoxy) is 1. The lowest BCUT2D eigenvalue weighted by Crippen LogP contribution is -2.41. The van der Waals surface area contributed by atoms with Crippen LogP contribution >= 0.6 is 0 Å². The molecule has 0 aromatic heterocycles. The summed E-state index contributed by atoms with van der Waals surface area (Å²) in [4.78, 5) is 22.3. The summed E-state index contributed by atoms with van der Waals surface area (Å²) in [5, 5.41) is 9.09. The molecule has 22 heavy (non-hydrogen) atoms. The Kier molecular flexibility index (Phi) is 6.07. The van der Waals surface area contributed by atoms with Gasteiger partial charge in [0.1, 0.15) is 6.04 Å². The molecule has 122 valence electrons. The van der Waals surface area contributed by atoms with Crippen molar-refractivity contribution in [2.24, 2.45) is 5.92 Å². The van der Waals surface area contributed by atoms with Gasteiger partial charge in [-0.15, -0.1) is 0 Å². The van der Waals surface area contributed by atoms with E-state index in [4.69, 9.17) is 5.11 Å². The molecule has 0 radical (unpaired) electrons. The van der Waals surface area contributed by atoms with Crippen molar-refractivity contribution >= 4 is 22.0 Å². The van der Waals surface area contributed by atoms with Gasteiger partial charge in [-0.1, -0.05) is 13.8 Å². The van der Waals surface area contributed by atoms with E-state index in [2.05, 4.69) is 9.46 Å². The zero-order valence-electron chi connectivity index (χ0n) is 12.6. The van der Waals surface area contributed by atoms with Crippen molar-refractivity contribution in [3.05, 3.63) is 29.8 Å². The van der Waals surface area contributed by atoms with E-state index in [-0.39, 0.29) is 22.8 Å². The summed E-state index contributed by atoms with van der Waals surface area (Å²) >= 11 is 0. The number of carboxylic acids is 1. The second-order valence-electron chi connectivity index (χ2n) is 5.16. The molecule has 0 spiro atoms. The third-order valence-electron chi connectivity index (χ3n) is 2.89. The predicted molar refractivity (Wildman–Crippen MR) is 79.0 cm³/mol. The first-order chi connectivity index (χ1) is 10.2. The van der Waals surface area contributed by atoms with Crippen LogP contribution in [-0.4, -0.2) is 38.6 Å². The van der Waals surface area contributed by atoms with Crippen LogP contribution < -0.4 is 4.72 Å². The molecule has 0 saturated carbocycles. The van der Waals surface area contributed by atoms with Gasteiger partial charge in [0.25, 0.3) is 0 Å². The number of esters is 1. The van der Waals surface area contributed by atoms with Gasteiger partial charge in [-0.2, -0.15) is 4.72 Å². The number of rotatable bonds is 7. The van der Waals surface area contributed by atoms with Crippen molar-refractivity contribution in [3.8, 4) is 0 Å². The minimum Gasteiger partial charge on any atom is -0.480 e. The minimum atomic E-state index is -3.98. The second kappa shape index (κ2) is 7.37. The number of hydrogen-bond acceptors (Lipinski definition) is 5. The van der Waals surface area contributed by atoms with E-state index in [1.165, 1.54) is 31.4 Å². The molecule has 1 atom stereocenters. The zero-order valence-corrected chi connectivity index (χ0v) is 13.4. The molecule has 0 saturated heterocycles. The van der Waals surface area contributed by atoms with Gasteiger partial charge in [0, 0.05) is 0 Å². The maximum Gasteiger partial charge on any atom is 0.337 e. The number of carbonyl (C=O) groups is 2. The van der Waals surface area contributed by atoms with Gasteiger partial charge in [0.05, 0.1) is 17.6 Å².